The summed E-state index contributed by atoms with van der Waals surface area (Å²) in [5, 5.41) is 3.72. The summed E-state index contributed by atoms with van der Waals surface area (Å²) in [7, 11) is 4.45. The van der Waals surface area contributed by atoms with Crippen molar-refractivity contribution in [2.24, 2.45) is 0 Å². The summed E-state index contributed by atoms with van der Waals surface area (Å²) in [6, 6.07) is 1.42. The molecule has 0 spiro atoms. The molecule has 3 heteroatoms. The quantitative estimate of drug-likeness (QED) is 0.715. The third-order valence-corrected chi connectivity index (χ3v) is 3.95. The Morgan fingerprint density at radius 1 is 1.29 bits per heavy atom. The Bertz CT molecular complexity index is 194. The molecular weight excluding hydrogens is 210 g/mol. The fourth-order valence-electron chi connectivity index (χ4n) is 2.34. The minimum Gasteiger partial charge on any atom is -0.314 e. The van der Waals surface area contributed by atoms with E-state index >= 15 is 0 Å². The molecule has 0 bridgehead atoms. The lowest BCUT2D eigenvalue weighted by Crippen LogP contribution is -2.34. The van der Waals surface area contributed by atoms with Crippen LogP contribution in [0.15, 0.2) is 0 Å². The molecule has 0 saturated carbocycles. The van der Waals surface area contributed by atoms with Gasteiger partial charge in [0.25, 0.3) is 0 Å². The van der Waals surface area contributed by atoms with Gasteiger partial charge < -0.3 is 15.1 Å². The Morgan fingerprint density at radius 2 is 2.06 bits per heavy atom. The van der Waals surface area contributed by atoms with Crippen LogP contribution < -0.4 is 5.32 Å². The lowest BCUT2D eigenvalue weighted by Gasteiger charge is -2.22. The zero-order chi connectivity index (χ0) is 12.7. The minimum absolute atomic E-state index is 0.668. The number of likely N-dealkylation sites (tertiary alicyclic amines) is 1. The topological polar surface area (TPSA) is 18.5 Å². The first-order chi connectivity index (χ1) is 8.09. The van der Waals surface area contributed by atoms with Crippen LogP contribution >= 0.6 is 0 Å². The molecule has 0 amide bonds. The van der Waals surface area contributed by atoms with E-state index < -0.39 is 0 Å². The summed E-state index contributed by atoms with van der Waals surface area (Å²) in [4.78, 5) is 4.87. The second-order valence-corrected chi connectivity index (χ2v) is 5.81. The van der Waals surface area contributed by atoms with Crippen LogP contribution in [0.3, 0.4) is 0 Å². The van der Waals surface area contributed by atoms with Gasteiger partial charge in [0.05, 0.1) is 0 Å². The smallest absolute Gasteiger partial charge is 0.00797 e. The maximum absolute atomic E-state index is 3.72. The molecule has 1 aliphatic heterocycles. The van der Waals surface area contributed by atoms with Gasteiger partial charge in [-0.3, -0.25) is 0 Å². The van der Waals surface area contributed by atoms with Crippen molar-refractivity contribution in [3.8, 4) is 0 Å². The van der Waals surface area contributed by atoms with Crippen LogP contribution in [0, 0.1) is 0 Å². The van der Waals surface area contributed by atoms with Crippen molar-refractivity contribution in [1.82, 2.24) is 15.1 Å². The highest BCUT2D eigenvalue weighted by Gasteiger charge is 2.13. The van der Waals surface area contributed by atoms with Gasteiger partial charge in [-0.2, -0.15) is 0 Å². The molecule has 1 saturated heterocycles. The van der Waals surface area contributed by atoms with Gasteiger partial charge >= 0.3 is 0 Å². The van der Waals surface area contributed by atoms with Gasteiger partial charge in [0.2, 0.25) is 0 Å². The summed E-state index contributed by atoms with van der Waals surface area (Å²) in [6.07, 6.45) is 5.28. The Labute approximate surface area is 108 Å². The molecule has 1 heterocycles. The molecule has 1 N–H and O–H groups in total. The zero-order valence-corrected chi connectivity index (χ0v) is 12.2. The first-order valence-corrected chi connectivity index (χ1v) is 7.21. The molecule has 1 aliphatic rings. The Kier molecular flexibility index (Phi) is 7.09. The van der Waals surface area contributed by atoms with Crippen LogP contribution in [0.2, 0.25) is 0 Å². The van der Waals surface area contributed by atoms with Gasteiger partial charge in [0, 0.05) is 12.1 Å². The molecule has 0 aliphatic carbocycles. The van der Waals surface area contributed by atoms with Gasteiger partial charge in [-0.05, 0) is 79.8 Å². The van der Waals surface area contributed by atoms with Crippen molar-refractivity contribution < 1.29 is 0 Å². The lowest BCUT2D eigenvalue weighted by atomic mass is 10.1. The van der Waals surface area contributed by atoms with Crippen LogP contribution in [0.25, 0.3) is 0 Å². The molecule has 0 aromatic rings. The van der Waals surface area contributed by atoms with Crippen LogP contribution in [-0.2, 0) is 0 Å². The standard InChI is InChI=1S/C14H31N3/c1-13(2)17(4)11-6-9-15-14-7-5-10-16(3)12-8-14/h13-15H,5-12H2,1-4H3. The van der Waals surface area contributed by atoms with Gasteiger partial charge in [-0.25, -0.2) is 0 Å². The summed E-state index contributed by atoms with van der Waals surface area (Å²) >= 11 is 0. The Hall–Kier alpha value is -0.120. The van der Waals surface area contributed by atoms with Crippen LogP contribution in [0.5, 0.6) is 0 Å². The number of hydrogen-bond donors (Lipinski definition) is 1. The SMILES string of the molecule is CC(C)N(C)CCCNC1CCCN(C)CC1. The maximum atomic E-state index is 3.72. The molecule has 17 heavy (non-hydrogen) atoms. The predicted octanol–water partition coefficient (Wildman–Crippen LogP) is 1.79. The fourth-order valence-corrected chi connectivity index (χ4v) is 2.34. The lowest BCUT2D eigenvalue weighted by molar-refractivity contribution is 0.266. The predicted molar refractivity (Wildman–Crippen MR) is 75.5 cm³/mol. The van der Waals surface area contributed by atoms with Gasteiger partial charge in [0.15, 0.2) is 0 Å². The molecule has 1 atom stereocenters. The second kappa shape index (κ2) is 8.06. The molecule has 102 valence electrons. The van der Waals surface area contributed by atoms with E-state index in [1.165, 1.54) is 51.9 Å². The fraction of sp³-hybridized carbons (Fsp3) is 1.00. The Balaban J connectivity index is 2.06. The van der Waals surface area contributed by atoms with E-state index in [9.17, 15) is 0 Å². The highest BCUT2D eigenvalue weighted by atomic mass is 15.1. The van der Waals surface area contributed by atoms with Crippen LogP contribution in [0.4, 0.5) is 0 Å². The number of rotatable bonds is 6. The summed E-state index contributed by atoms with van der Waals surface area (Å²) in [5.41, 5.74) is 0. The van der Waals surface area contributed by atoms with Crippen molar-refractivity contribution in [3.63, 3.8) is 0 Å². The molecule has 0 radical (unpaired) electrons. The average molecular weight is 241 g/mol. The molecule has 1 fully saturated rings. The second-order valence-electron chi connectivity index (χ2n) is 5.81. The van der Waals surface area contributed by atoms with E-state index in [-0.39, 0.29) is 0 Å². The van der Waals surface area contributed by atoms with Gasteiger partial charge in [0.1, 0.15) is 0 Å². The molecule has 1 rings (SSSR count). The van der Waals surface area contributed by atoms with E-state index in [1.54, 1.807) is 0 Å². The highest BCUT2D eigenvalue weighted by molar-refractivity contribution is 4.73. The third kappa shape index (κ3) is 6.39. The summed E-state index contributed by atoms with van der Waals surface area (Å²) < 4.78 is 0. The summed E-state index contributed by atoms with van der Waals surface area (Å²) in [5.74, 6) is 0. The van der Waals surface area contributed by atoms with E-state index in [4.69, 9.17) is 0 Å². The van der Waals surface area contributed by atoms with Gasteiger partial charge in [-0.15, -0.1) is 0 Å². The van der Waals surface area contributed by atoms with Crippen molar-refractivity contribution in [2.45, 2.75) is 51.6 Å². The number of nitrogens with zero attached hydrogens (tertiary/aromatic N) is 2. The van der Waals surface area contributed by atoms with Crippen molar-refractivity contribution in [1.29, 1.82) is 0 Å². The normalized spacial score (nSPS) is 23.3. The van der Waals surface area contributed by atoms with Gasteiger partial charge in [-0.1, -0.05) is 0 Å². The maximum Gasteiger partial charge on any atom is 0.00797 e. The molecule has 1 unspecified atom stereocenters. The number of hydrogen-bond acceptors (Lipinski definition) is 3. The third-order valence-electron chi connectivity index (χ3n) is 3.95. The summed E-state index contributed by atoms with van der Waals surface area (Å²) in [6.45, 7) is 9.42. The van der Waals surface area contributed by atoms with E-state index in [0.717, 1.165) is 6.04 Å². The minimum atomic E-state index is 0.668. The average Bonchev–Trinajstić information content (AvgIpc) is 2.49. The first kappa shape index (κ1) is 14.9. The van der Waals surface area contributed by atoms with Crippen molar-refractivity contribution in [3.05, 3.63) is 0 Å². The monoisotopic (exact) mass is 241 g/mol. The van der Waals surface area contributed by atoms with E-state index in [2.05, 4.69) is 43.1 Å². The molecule has 3 nitrogen and oxygen atoms in total. The molecule has 0 aromatic heterocycles. The Morgan fingerprint density at radius 3 is 2.76 bits per heavy atom. The van der Waals surface area contributed by atoms with Crippen molar-refractivity contribution in [2.75, 3.05) is 40.3 Å². The molecular formula is C14H31N3. The van der Waals surface area contributed by atoms with E-state index in [1.807, 2.05) is 0 Å². The highest BCUT2D eigenvalue weighted by Crippen LogP contribution is 2.09. The van der Waals surface area contributed by atoms with E-state index in [0.29, 0.717) is 6.04 Å². The molecule has 0 aromatic carbocycles. The van der Waals surface area contributed by atoms with Crippen LogP contribution in [0.1, 0.15) is 39.5 Å². The van der Waals surface area contributed by atoms with Crippen molar-refractivity contribution >= 4 is 0 Å². The largest absolute Gasteiger partial charge is 0.314 e. The first-order valence-electron chi connectivity index (χ1n) is 7.21. The zero-order valence-electron chi connectivity index (χ0n) is 12.2. The van der Waals surface area contributed by atoms with Crippen LogP contribution in [-0.4, -0.2) is 62.2 Å². The number of nitrogens with one attached hydrogen (secondary N) is 1.